The first-order chi connectivity index (χ1) is 13.8. The van der Waals surface area contributed by atoms with Gasteiger partial charge in [-0.2, -0.15) is 0 Å². The predicted molar refractivity (Wildman–Crippen MR) is 124 cm³/mol. The van der Waals surface area contributed by atoms with Crippen LogP contribution in [0.1, 0.15) is 52.7 Å². The summed E-state index contributed by atoms with van der Waals surface area (Å²) in [6.07, 6.45) is 4.16. The molecule has 0 aliphatic rings. The molecule has 0 fully saturated rings. The van der Waals surface area contributed by atoms with Crippen molar-refractivity contribution in [1.82, 2.24) is 15.3 Å². The maximum atomic E-state index is 14.0. The maximum absolute atomic E-state index is 14.0. The molecular weight excluding hydrogens is 363 g/mol. The second-order valence-corrected chi connectivity index (χ2v) is 7.10. The van der Waals surface area contributed by atoms with Crippen molar-refractivity contribution in [3.63, 3.8) is 0 Å². The fraction of sp³-hybridized carbons (Fsp3) is 0.417. The number of allylic oxidation sites excluding steroid dienone is 3. The number of aromatic nitrogens is 2. The van der Waals surface area contributed by atoms with Gasteiger partial charge in [-0.05, 0) is 51.1 Å². The molecule has 2 rings (SSSR count). The minimum Gasteiger partial charge on any atom is -0.338 e. The van der Waals surface area contributed by atoms with Gasteiger partial charge in [0, 0.05) is 29.3 Å². The van der Waals surface area contributed by atoms with Crippen LogP contribution < -0.4 is 10.6 Å². The van der Waals surface area contributed by atoms with Crippen molar-refractivity contribution in [2.75, 3.05) is 18.9 Å². The van der Waals surface area contributed by atoms with Gasteiger partial charge < -0.3 is 10.6 Å². The topological polar surface area (TPSA) is 49.8 Å². The lowest BCUT2D eigenvalue weighted by Crippen LogP contribution is -2.16. The van der Waals surface area contributed by atoms with Gasteiger partial charge in [0.15, 0.2) is 0 Å². The van der Waals surface area contributed by atoms with Crippen LogP contribution in [0.25, 0.3) is 10.9 Å². The average molecular weight is 399 g/mol. The molecule has 0 aliphatic carbocycles. The zero-order valence-corrected chi connectivity index (χ0v) is 18.6. The van der Waals surface area contributed by atoms with Gasteiger partial charge in [0.05, 0.1) is 11.2 Å². The van der Waals surface area contributed by atoms with E-state index >= 15 is 0 Å². The summed E-state index contributed by atoms with van der Waals surface area (Å²) in [7, 11) is 1.97. The fourth-order valence-electron chi connectivity index (χ4n) is 2.79. The normalized spacial score (nSPS) is 13.3. The zero-order chi connectivity index (χ0) is 22.0. The van der Waals surface area contributed by atoms with Crippen molar-refractivity contribution in [3.8, 4) is 0 Å². The monoisotopic (exact) mass is 398 g/mol. The van der Waals surface area contributed by atoms with Gasteiger partial charge in [0.25, 0.3) is 0 Å². The Hall–Kier alpha value is -2.53. The molecule has 0 bridgehead atoms. The summed E-state index contributed by atoms with van der Waals surface area (Å²) in [5.74, 6) is 0.914. The number of hydrogen-bond acceptors (Lipinski definition) is 4. The van der Waals surface area contributed by atoms with Crippen LogP contribution in [0.5, 0.6) is 0 Å². The van der Waals surface area contributed by atoms with Crippen LogP contribution in [0.15, 0.2) is 60.7 Å². The van der Waals surface area contributed by atoms with Gasteiger partial charge in [-0.15, -0.1) is 0 Å². The van der Waals surface area contributed by atoms with Gasteiger partial charge in [0.1, 0.15) is 11.6 Å². The summed E-state index contributed by atoms with van der Waals surface area (Å²) in [5.41, 5.74) is 2.65. The van der Waals surface area contributed by atoms with E-state index < -0.39 is 5.83 Å². The molecule has 0 amide bonds. The first-order valence-corrected chi connectivity index (χ1v) is 10.2. The third kappa shape index (κ3) is 7.42. The van der Waals surface area contributed by atoms with Crippen LogP contribution >= 0.6 is 0 Å². The van der Waals surface area contributed by atoms with Gasteiger partial charge in [-0.25, -0.2) is 9.37 Å². The maximum Gasteiger partial charge on any atom is 0.146 e. The van der Waals surface area contributed by atoms with E-state index in [0.29, 0.717) is 23.2 Å². The third-order valence-electron chi connectivity index (χ3n) is 4.71. The van der Waals surface area contributed by atoms with Crippen molar-refractivity contribution in [1.29, 1.82) is 0 Å². The Bertz CT molecular complexity index is 857. The van der Waals surface area contributed by atoms with Gasteiger partial charge in [0.2, 0.25) is 0 Å². The Morgan fingerprint density at radius 2 is 1.93 bits per heavy atom. The van der Waals surface area contributed by atoms with Crippen molar-refractivity contribution in [2.24, 2.45) is 5.92 Å². The molecule has 158 valence electrons. The Balaban J connectivity index is 0.00000204. The van der Waals surface area contributed by atoms with E-state index in [2.05, 4.69) is 48.7 Å². The summed E-state index contributed by atoms with van der Waals surface area (Å²) >= 11 is 0. The second-order valence-electron chi connectivity index (χ2n) is 7.10. The van der Waals surface area contributed by atoms with Crippen LogP contribution in [0, 0.1) is 5.92 Å². The molecule has 2 heterocycles. The Labute approximate surface area is 175 Å². The Morgan fingerprint density at radius 3 is 2.55 bits per heavy atom. The number of pyridine rings is 2. The molecule has 5 heteroatoms. The molecule has 2 N–H and O–H groups in total. The number of rotatable bonds is 9. The number of nitrogens with one attached hydrogen (secondary N) is 2. The Morgan fingerprint density at radius 1 is 1.24 bits per heavy atom. The molecule has 0 saturated heterocycles. The molecular formula is C24H35FN4. The molecule has 0 spiro atoms. The molecule has 2 unspecified atom stereocenters. The number of hydrogen-bond donors (Lipinski definition) is 2. The molecule has 0 aromatic carbocycles. The van der Waals surface area contributed by atoms with Crippen molar-refractivity contribution in [2.45, 2.75) is 47.0 Å². The lowest BCUT2D eigenvalue weighted by Gasteiger charge is -2.19. The summed E-state index contributed by atoms with van der Waals surface area (Å²) in [6, 6.07) is 5.92. The van der Waals surface area contributed by atoms with Gasteiger partial charge >= 0.3 is 0 Å². The van der Waals surface area contributed by atoms with E-state index in [0.717, 1.165) is 29.6 Å². The highest BCUT2D eigenvalue weighted by Crippen LogP contribution is 2.27. The average Bonchev–Trinajstić information content (AvgIpc) is 2.71. The Kier molecular flexibility index (Phi) is 10.2. The molecule has 2 aromatic rings. The molecule has 0 radical (unpaired) electrons. The van der Waals surface area contributed by atoms with Crippen LogP contribution in [0.2, 0.25) is 0 Å². The minimum atomic E-state index is -0.460. The van der Waals surface area contributed by atoms with Crippen LogP contribution in [0.4, 0.5) is 10.2 Å². The smallest absolute Gasteiger partial charge is 0.146 e. The third-order valence-corrected chi connectivity index (χ3v) is 4.71. The quantitative estimate of drug-likeness (QED) is 0.483. The van der Waals surface area contributed by atoms with E-state index in [-0.39, 0.29) is 5.70 Å². The van der Waals surface area contributed by atoms with Crippen LogP contribution in [-0.2, 0) is 0 Å². The SMILES string of the molecule is C=C(C)/C=C(/F)C(=C)Nc1cc2nc(C(C)C(C)CCNC)ccc2cn1.CC. The lowest BCUT2D eigenvalue weighted by molar-refractivity contribution is 0.439. The molecule has 0 saturated carbocycles. The first kappa shape index (κ1) is 24.5. The fourth-order valence-corrected chi connectivity index (χ4v) is 2.79. The summed E-state index contributed by atoms with van der Waals surface area (Å²) in [6.45, 7) is 18.6. The predicted octanol–water partition coefficient (Wildman–Crippen LogP) is 6.36. The lowest BCUT2D eigenvalue weighted by atomic mass is 9.89. The largest absolute Gasteiger partial charge is 0.338 e. The van der Waals surface area contributed by atoms with Gasteiger partial charge in [-0.3, -0.25) is 4.98 Å². The second kappa shape index (κ2) is 12.1. The number of anilines is 1. The van der Waals surface area contributed by atoms with Crippen LogP contribution in [0.3, 0.4) is 0 Å². The van der Waals surface area contributed by atoms with E-state index in [9.17, 15) is 4.39 Å². The highest BCUT2D eigenvalue weighted by Gasteiger charge is 2.16. The minimum absolute atomic E-state index is 0.148. The molecule has 29 heavy (non-hydrogen) atoms. The van der Waals surface area contributed by atoms with E-state index in [4.69, 9.17) is 4.98 Å². The van der Waals surface area contributed by atoms with E-state index in [1.807, 2.05) is 33.0 Å². The summed E-state index contributed by atoms with van der Waals surface area (Å²) < 4.78 is 14.0. The number of fused-ring (bicyclic) bond motifs is 1. The van der Waals surface area contributed by atoms with Gasteiger partial charge in [-0.1, -0.05) is 46.4 Å². The molecule has 2 aromatic heterocycles. The zero-order valence-electron chi connectivity index (χ0n) is 18.6. The standard InChI is InChI=1S/C22H29FN4.C2H6/c1-14(2)11-19(23)17(5)26-22-12-21-18(13-25-22)7-8-20(27-21)16(4)15(3)9-10-24-6;1-2/h7-8,11-13,15-16,24H,1,5,9-10H2,2-4,6H3,(H,25,26);1-2H3/b19-11+;. The number of nitrogens with zero attached hydrogens (tertiary/aromatic N) is 2. The van der Waals surface area contributed by atoms with Crippen molar-refractivity contribution < 1.29 is 4.39 Å². The van der Waals surface area contributed by atoms with E-state index in [1.165, 1.54) is 6.08 Å². The van der Waals surface area contributed by atoms with E-state index in [1.54, 1.807) is 13.1 Å². The highest BCUT2D eigenvalue weighted by molar-refractivity contribution is 5.80. The molecule has 2 atom stereocenters. The number of halogens is 1. The molecule has 0 aliphatic heterocycles. The summed E-state index contributed by atoms with van der Waals surface area (Å²) in [4.78, 5) is 9.13. The van der Waals surface area contributed by atoms with Crippen molar-refractivity contribution >= 4 is 16.7 Å². The van der Waals surface area contributed by atoms with Crippen molar-refractivity contribution in [3.05, 3.63) is 66.4 Å². The summed E-state index contributed by atoms with van der Waals surface area (Å²) in [5, 5.41) is 7.04. The van der Waals surface area contributed by atoms with Crippen LogP contribution in [-0.4, -0.2) is 23.6 Å². The first-order valence-electron chi connectivity index (χ1n) is 10.2. The molecule has 4 nitrogen and oxygen atoms in total. The highest BCUT2D eigenvalue weighted by atomic mass is 19.1.